The van der Waals surface area contributed by atoms with Gasteiger partial charge in [0.15, 0.2) is 4.34 Å². The van der Waals surface area contributed by atoms with Gasteiger partial charge in [0.1, 0.15) is 5.82 Å². The number of carbonyl (C=O) groups excluding carboxylic acids is 1. The number of benzene rings is 2. The number of hydrogen-bond donors (Lipinski definition) is 1. The minimum absolute atomic E-state index is 0.0602. The van der Waals surface area contributed by atoms with Crippen LogP contribution in [0.4, 0.5) is 4.39 Å². The van der Waals surface area contributed by atoms with E-state index in [1.807, 2.05) is 18.4 Å². The van der Waals surface area contributed by atoms with E-state index < -0.39 is 0 Å². The van der Waals surface area contributed by atoms with Crippen molar-refractivity contribution in [3.05, 3.63) is 71.4 Å². The number of aromatic nitrogens is 1. The number of amides is 1. The Morgan fingerprint density at radius 3 is 2.61 bits per heavy atom. The van der Waals surface area contributed by atoms with Crippen LogP contribution in [0.3, 0.4) is 0 Å². The zero-order chi connectivity index (χ0) is 21.6. The SMILES string of the molecule is CC(Sc1nc(-c2ccc(F)cc2)cs1)C(=O)NC1CCN(Cc2ccccc2)CC1. The summed E-state index contributed by atoms with van der Waals surface area (Å²) >= 11 is 2.99. The van der Waals surface area contributed by atoms with E-state index in [-0.39, 0.29) is 23.0 Å². The van der Waals surface area contributed by atoms with Crippen molar-refractivity contribution in [2.45, 2.75) is 41.9 Å². The van der Waals surface area contributed by atoms with Gasteiger partial charge in [-0.25, -0.2) is 9.37 Å². The molecule has 0 spiro atoms. The molecule has 1 amide bonds. The number of nitrogens with one attached hydrogen (secondary N) is 1. The third kappa shape index (κ3) is 6.15. The van der Waals surface area contributed by atoms with Crippen LogP contribution in [-0.2, 0) is 11.3 Å². The normalized spacial score (nSPS) is 16.2. The molecule has 0 bridgehead atoms. The molecule has 4 nitrogen and oxygen atoms in total. The van der Waals surface area contributed by atoms with Crippen molar-refractivity contribution in [3.63, 3.8) is 0 Å². The topological polar surface area (TPSA) is 45.2 Å². The highest BCUT2D eigenvalue weighted by Gasteiger charge is 2.24. The highest BCUT2D eigenvalue weighted by Crippen LogP contribution is 2.31. The molecule has 0 saturated carbocycles. The third-order valence-corrected chi connectivity index (χ3v) is 7.52. The van der Waals surface area contributed by atoms with Crippen molar-refractivity contribution in [2.24, 2.45) is 0 Å². The number of nitrogens with zero attached hydrogens (tertiary/aromatic N) is 2. The summed E-state index contributed by atoms with van der Waals surface area (Å²) < 4.78 is 14.0. The maximum absolute atomic E-state index is 13.1. The van der Waals surface area contributed by atoms with Crippen LogP contribution in [-0.4, -0.2) is 40.2 Å². The van der Waals surface area contributed by atoms with Crippen LogP contribution >= 0.6 is 23.1 Å². The van der Waals surface area contributed by atoms with Gasteiger partial charge in [-0.3, -0.25) is 9.69 Å². The smallest absolute Gasteiger partial charge is 0.233 e. The van der Waals surface area contributed by atoms with Gasteiger partial charge < -0.3 is 5.32 Å². The molecule has 2 aromatic carbocycles. The molecule has 1 aliphatic heterocycles. The molecule has 31 heavy (non-hydrogen) atoms. The number of thioether (sulfide) groups is 1. The Bertz CT molecular complexity index is 986. The molecular weight excluding hydrogens is 429 g/mol. The first kappa shape index (κ1) is 22.0. The Morgan fingerprint density at radius 2 is 1.90 bits per heavy atom. The highest BCUT2D eigenvalue weighted by atomic mass is 32.2. The standard InChI is InChI=1S/C24H26FN3OS2/c1-17(31-24-27-22(16-30-24)19-7-9-20(25)10-8-19)23(29)26-21-11-13-28(14-12-21)15-18-5-3-2-4-6-18/h2-10,16-17,21H,11-15H2,1H3,(H,26,29). The van der Waals surface area contributed by atoms with Crippen molar-refractivity contribution in [2.75, 3.05) is 13.1 Å². The Balaban J connectivity index is 1.23. The average Bonchev–Trinajstić information content (AvgIpc) is 3.24. The Labute approximate surface area is 190 Å². The second kappa shape index (κ2) is 10.4. The summed E-state index contributed by atoms with van der Waals surface area (Å²) in [6.45, 7) is 4.88. The predicted octanol–water partition coefficient (Wildman–Crippen LogP) is 5.21. The van der Waals surface area contributed by atoms with E-state index in [1.54, 1.807) is 12.1 Å². The fraction of sp³-hybridized carbons (Fsp3) is 0.333. The lowest BCUT2D eigenvalue weighted by Crippen LogP contribution is -2.46. The molecule has 1 atom stereocenters. The number of hydrogen-bond acceptors (Lipinski definition) is 5. The summed E-state index contributed by atoms with van der Waals surface area (Å²) in [7, 11) is 0. The molecule has 1 unspecified atom stereocenters. The van der Waals surface area contributed by atoms with Gasteiger partial charge in [0.25, 0.3) is 0 Å². The molecule has 7 heteroatoms. The second-order valence-electron chi connectivity index (χ2n) is 7.81. The fourth-order valence-corrected chi connectivity index (χ4v) is 5.65. The molecule has 1 aliphatic rings. The third-order valence-electron chi connectivity index (χ3n) is 5.45. The zero-order valence-corrected chi connectivity index (χ0v) is 19.1. The number of halogens is 1. The van der Waals surface area contributed by atoms with Gasteiger partial charge >= 0.3 is 0 Å². The van der Waals surface area contributed by atoms with E-state index in [2.05, 4.69) is 39.5 Å². The Hall–Kier alpha value is -2.22. The lowest BCUT2D eigenvalue weighted by molar-refractivity contribution is -0.121. The van der Waals surface area contributed by atoms with E-state index in [0.717, 1.165) is 48.1 Å². The molecule has 1 N–H and O–H groups in total. The van der Waals surface area contributed by atoms with Crippen LogP contribution in [0, 0.1) is 5.82 Å². The lowest BCUT2D eigenvalue weighted by Gasteiger charge is -2.32. The Kier molecular flexibility index (Phi) is 7.37. The minimum atomic E-state index is -0.259. The molecule has 0 aliphatic carbocycles. The van der Waals surface area contributed by atoms with Crippen LogP contribution < -0.4 is 5.32 Å². The van der Waals surface area contributed by atoms with E-state index in [1.165, 1.54) is 40.8 Å². The molecule has 1 aromatic heterocycles. The second-order valence-corrected chi connectivity index (χ2v) is 10.3. The van der Waals surface area contributed by atoms with Crippen molar-refractivity contribution < 1.29 is 9.18 Å². The first-order valence-electron chi connectivity index (χ1n) is 10.5. The van der Waals surface area contributed by atoms with Gasteiger partial charge in [-0.2, -0.15) is 0 Å². The van der Waals surface area contributed by atoms with Crippen LogP contribution in [0.1, 0.15) is 25.3 Å². The molecule has 1 fully saturated rings. The number of likely N-dealkylation sites (tertiary alicyclic amines) is 1. The van der Waals surface area contributed by atoms with Gasteiger partial charge in [-0.05, 0) is 49.6 Å². The zero-order valence-electron chi connectivity index (χ0n) is 17.5. The number of rotatable bonds is 7. The van der Waals surface area contributed by atoms with Crippen molar-refractivity contribution in [3.8, 4) is 11.3 Å². The maximum atomic E-state index is 13.1. The molecule has 0 radical (unpaired) electrons. The summed E-state index contributed by atoms with van der Waals surface area (Å²) in [4.78, 5) is 19.7. The van der Waals surface area contributed by atoms with Gasteiger partial charge in [0.05, 0.1) is 10.9 Å². The number of thiazole rings is 1. The van der Waals surface area contributed by atoms with E-state index in [0.29, 0.717) is 0 Å². The number of carbonyl (C=O) groups is 1. The van der Waals surface area contributed by atoms with E-state index in [4.69, 9.17) is 0 Å². The largest absolute Gasteiger partial charge is 0.352 e. The van der Waals surface area contributed by atoms with Crippen molar-refractivity contribution >= 4 is 29.0 Å². The highest BCUT2D eigenvalue weighted by molar-refractivity contribution is 8.02. The van der Waals surface area contributed by atoms with Crippen LogP contribution in [0.5, 0.6) is 0 Å². The molecular formula is C24H26FN3OS2. The fourth-order valence-electron chi connectivity index (χ4n) is 3.66. The summed E-state index contributed by atoms with van der Waals surface area (Å²) in [6, 6.07) is 17.1. The quantitative estimate of drug-likeness (QED) is 0.497. The number of piperidine rings is 1. The van der Waals surface area contributed by atoms with Crippen LogP contribution in [0.15, 0.2) is 64.3 Å². The maximum Gasteiger partial charge on any atom is 0.233 e. The van der Waals surface area contributed by atoms with Gasteiger partial charge in [-0.15, -0.1) is 11.3 Å². The summed E-state index contributed by atoms with van der Waals surface area (Å²) in [5, 5.41) is 4.95. The average molecular weight is 456 g/mol. The first-order valence-corrected chi connectivity index (χ1v) is 12.3. The van der Waals surface area contributed by atoms with Gasteiger partial charge in [0, 0.05) is 36.6 Å². The lowest BCUT2D eigenvalue weighted by atomic mass is 10.0. The molecule has 4 rings (SSSR count). The minimum Gasteiger partial charge on any atom is -0.352 e. The van der Waals surface area contributed by atoms with E-state index in [9.17, 15) is 9.18 Å². The summed E-state index contributed by atoms with van der Waals surface area (Å²) in [5.41, 5.74) is 3.02. The van der Waals surface area contributed by atoms with Crippen molar-refractivity contribution in [1.29, 1.82) is 0 Å². The van der Waals surface area contributed by atoms with E-state index >= 15 is 0 Å². The Morgan fingerprint density at radius 1 is 1.19 bits per heavy atom. The van der Waals surface area contributed by atoms with Crippen molar-refractivity contribution in [1.82, 2.24) is 15.2 Å². The van der Waals surface area contributed by atoms with Crippen LogP contribution in [0.25, 0.3) is 11.3 Å². The monoisotopic (exact) mass is 455 g/mol. The van der Waals surface area contributed by atoms with Gasteiger partial charge in [-0.1, -0.05) is 42.1 Å². The summed E-state index contributed by atoms with van der Waals surface area (Å²) in [5.74, 6) is -0.199. The first-order chi connectivity index (χ1) is 15.1. The predicted molar refractivity (Wildman–Crippen MR) is 126 cm³/mol. The molecule has 162 valence electrons. The van der Waals surface area contributed by atoms with Gasteiger partial charge in [0.2, 0.25) is 5.91 Å². The summed E-state index contributed by atoms with van der Waals surface area (Å²) in [6.07, 6.45) is 1.95. The van der Waals surface area contributed by atoms with Crippen LogP contribution in [0.2, 0.25) is 0 Å². The molecule has 3 aromatic rings. The molecule has 2 heterocycles. The molecule has 1 saturated heterocycles.